The van der Waals surface area contributed by atoms with Gasteiger partial charge in [-0.25, -0.2) is 24.7 Å². The molecule has 0 bridgehead atoms. The standard InChI is InChI=1S/C45H56N4O5.C42H50N4O6/c1-8-9-10-11-12-25-53-38-23-19-32(20-24-38)35-27-46-40(47-28-35)33-15-13-31(14-16-33)26-39(42(51)49-29-36(30-49)43(52)54-45(5,6)7)48-41(50)34-17-21-37(22-18-34)44(2,3)4;1-5-6-7-8-12-23-50-36-21-19-32(20-22-36)34-25-43-38(44-26-34)33-17-15-30(16-18-33)24-37(45-41(49)51-29-31-13-10-9-11-14-31)39(47)46-27-35(28-46)40(48)52-42(2,3)4/h13-24,27-28,36,39H,8-12,25-26,29-30H2,1-7H3,(H,48,50);9-11,13-22,25-26,35,37H,5-8,12,23-24,27-29H2,1-4H3,(H,45,49)/t39-;37-/m00/s1. The maximum atomic E-state index is 13.8. The first kappa shape index (κ1) is 79.8. The summed E-state index contributed by atoms with van der Waals surface area (Å²) in [7, 11) is 0. The zero-order valence-electron chi connectivity index (χ0n) is 63.7. The van der Waals surface area contributed by atoms with Gasteiger partial charge >= 0.3 is 18.0 Å². The van der Waals surface area contributed by atoms with Crippen LogP contribution in [0.15, 0.2) is 176 Å². The lowest BCUT2D eigenvalue weighted by atomic mass is 9.86. The Labute approximate surface area is 626 Å². The molecule has 2 saturated heterocycles. The van der Waals surface area contributed by atoms with Crippen molar-refractivity contribution in [3.63, 3.8) is 0 Å². The minimum absolute atomic E-state index is 0.0519. The van der Waals surface area contributed by atoms with Crippen molar-refractivity contribution in [3.05, 3.63) is 204 Å². The number of ether oxygens (including phenoxy) is 5. The van der Waals surface area contributed by atoms with Crippen LogP contribution in [0, 0.1) is 11.8 Å². The fourth-order valence-electron chi connectivity index (χ4n) is 12.1. The first-order chi connectivity index (χ1) is 50.8. The Morgan fingerprint density at radius 1 is 0.434 bits per heavy atom. The number of nitrogens with one attached hydrogen (secondary N) is 2. The Bertz CT molecular complexity index is 4110. The summed E-state index contributed by atoms with van der Waals surface area (Å²) in [5, 5.41) is 5.74. The molecule has 4 heterocycles. The van der Waals surface area contributed by atoms with Crippen molar-refractivity contribution in [3.8, 4) is 56.5 Å². The van der Waals surface area contributed by atoms with Crippen molar-refractivity contribution in [1.29, 1.82) is 0 Å². The molecule has 0 unspecified atom stereocenters. The molecule has 0 saturated carbocycles. The minimum atomic E-state index is -0.896. The second kappa shape index (κ2) is 38.1. The number of esters is 2. The van der Waals surface area contributed by atoms with E-state index in [0.717, 1.165) is 93.2 Å². The molecule has 0 radical (unpaired) electrons. The number of rotatable bonds is 31. The number of benzene rings is 6. The van der Waals surface area contributed by atoms with Gasteiger partial charge in [0.2, 0.25) is 11.8 Å². The average Bonchev–Trinajstić information content (AvgIpc) is 0.801. The van der Waals surface area contributed by atoms with Crippen LogP contribution >= 0.6 is 0 Å². The third kappa shape index (κ3) is 24.7. The van der Waals surface area contributed by atoms with E-state index >= 15 is 0 Å². The Balaban J connectivity index is 0.000000245. The number of carbonyl (C=O) groups is 6. The molecule has 10 rings (SSSR count). The molecule has 19 heteroatoms. The monoisotopic (exact) mass is 1440 g/mol. The third-order valence-corrected chi connectivity index (χ3v) is 18.3. The Morgan fingerprint density at radius 2 is 0.821 bits per heavy atom. The normalized spacial score (nSPS) is 13.7. The van der Waals surface area contributed by atoms with E-state index in [0.29, 0.717) is 17.2 Å². The largest absolute Gasteiger partial charge is 0.494 e. The molecule has 2 N–H and O–H groups in total. The molecule has 2 aromatic heterocycles. The lowest BCUT2D eigenvalue weighted by Crippen LogP contribution is -2.59. The van der Waals surface area contributed by atoms with E-state index in [1.807, 2.05) is 193 Å². The van der Waals surface area contributed by atoms with E-state index < -0.39 is 35.3 Å². The summed E-state index contributed by atoms with van der Waals surface area (Å²) in [6, 6.07) is 46.4. The molecule has 0 spiro atoms. The summed E-state index contributed by atoms with van der Waals surface area (Å²) in [5.41, 5.74) is 8.33. The number of alkyl carbamates (subject to hydrolysis) is 1. The quantitative estimate of drug-likeness (QED) is 0.0234. The number of hydrogen-bond acceptors (Lipinski definition) is 15. The Hall–Kier alpha value is -10.3. The number of hydrogen-bond donors (Lipinski definition) is 2. The highest BCUT2D eigenvalue weighted by molar-refractivity contribution is 5.98. The molecular formula is C87H106N8O11. The number of aromatic nitrogens is 4. The summed E-state index contributed by atoms with van der Waals surface area (Å²) in [5.74, 6) is 0.581. The highest BCUT2D eigenvalue weighted by atomic mass is 16.6. The smallest absolute Gasteiger partial charge is 0.408 e. The SMILES string of the molecule is CCCCCCCOc1ccc(-c2cnc(-c3ccc(C[C@H](NC(=O)OCc4ccccc4)C(=O)N4CC(C(=O)OC(C)(C)C)C4)cc3)nc2)cc1.CCCCCCCOc1ccc(-c2cnc(-c3ccc(C[C@H](NC(=O)c4ccc(C(C)(C)C)cc4)C(=O)N4CC(C(=O)OC(C)(C)C)C4)cc3)nc2)cc1. The third-order valence-electron chi connectivity index (χ3n) is 18.3. The van der Waals surface area contributed by atoms with Gasteiger partial charge in [-0.2, -0.15) is 0 Å². The first-order valence-electron chi connectivity index (χ1n) is 37.5. The van der Waals surface area contributed by atoms with Crippen LogP contribution in [0.2, 0.25) is 0 Å². The molecule has 560 valence electrons. The number of nitrogens with zero attached hydrogens (tertiary/aromatic N) is 6. The predicted molar refractivity (Wildman–Crippen MR) is 414 cm³/mol. The van der Waals surface area contributed by atoms with E-state index in [-0.39, 0.29) is 86.6 Å². The highest BCUT2D eigenvalue weighted by Crippen LogP contribution is 2.30. The van der Waals surface area contributed by atoms with Gasteiger partial charge in [0.25, 0.3) is 5.91 Å². The highest BCUT2D eigenvalue weighted by Gasteiger charge is 2.42. The van der Waals surface area contributed by atoms with E-state index in [9.17, 15) is 28.8 Å². The van der Waals surface area contributed by atoms with Crippen molar-refractivity contribution >= 4 is 35.8 Å². The lowest BCUT2D eigenvalue weighted by Gasteiger charge is -2.40. The van der Waals surface area contributed by atoms with Crippen molar-refractivity contribution in [1.82, 2.24) is 40.4 Å². The van der Waals surface area contributed by atoms with Crippen LogP contribution in [0.1, 0.15) is 173 Å². The summed E-state index contributed by atoms with van der Waals surface area (Å²) in [6.45, 7) is 24.2. The van der Waals surface area contributed by atoms with Crippen LogP contribution in [0.25, 0.3) is 45.0 Å². The van der Waals surface area contributed by atoms with Gasteiger partial charge < -0.3 is 44.1 Å². The predicted octanol–water partition coefficient (Wildman–Crippen LogP) is 16.4. The van der Waals surface area contributed by atoms with Crippen molar-refractivity contribution < 1.29 is 52.5 Å². The molecule has 2 aliphatic heterocycles. The zero-order chi connectivity index (χ0) is 75.8. The van der Waals surface area contributed by atoms with Gasteiger partial charge in [0, 0.05) is 91.6 Å². The second-order valence-electron chi connectivity index (χ2n) is 30.5. The molecule has 106 heavy (non-hydrogen) atoms. The second-order valence-corrected chi connectivity index (χ2v) is 30.5. The number of unbranched alkanes of at least 4 members (excludes halogenated alkanes) is 8. The Kier molecular flexibility index (Phi) is 28.7. The molecule has 4 amide bonds. The topological polar surface area (TPSA) is 231 Å². The molecule has 2 fully saturated rings. The lowest BCUT2D eigenvalue weighted by molar-refractivity contribution is -0.169. The van der Waals surface area contributed by atoms with Gasteiger partial charge in [-0.1, -0.05) is 201 Å². The van der Waals surface area contributed by atoms with Crippen LogP contribution in [0.3, 0.4) is 0 Å². The van der Waals surface area contributed by atoms with Gasteiger partial charge in [-0.05, 0) is 130 Å². The van der Waals surface area contributed by atoms with Crippen molar-refractivity contribution in [2.24, 2.45) is 11.8 Å². The van der Waals surface area contributed by atoms with Crippen LogP contribution in [-0.2, 0) is 58.3 Å². The van der Waals surface area contributed by atoms with Crippen LogP contribution < -0.4 is 20.1 Å². The van der Waals surface area contributed by atoms with Gasteiger partial charge in [-0.15, -0.1) is 0 Å². The molecule has 2 aliphatic rings. The molecule has 6 aromatic carbocycles. The fraction of sp³-hybridized carbons (Fsp3) is 0.425. The van der Waals surface area contributed by atoms with E-state index in [4.69, 9.17) is 23.7 Å². The van der Waals surface area contributed by atoms with Crippen LogP contribution in [-0.4, -0.2) is 128 Å². The first-order valence-corrected chi connectivity index (χ1v) is 37.5. The summed E-state index contributed by atoms with van der Waals surface area (Å²) in [4.78, 5) is 101. The Morgan fingerprint density at radius 3 is 1.21 bits per heavy atom. The van der Waals surface area contributed by atoms with Gasteiger partial charge in [0.1, 0.15) is 41.4 Å². The molecule has 2 atom stereocenters. The van der Waals surface area contributed by atoms with Crippen molar-refractivity contribution in [2.75, 3.05) is 39.4 Å². The van der Waals surface area contributed by atoms with E-state index in [1.165, 1.54) is 51.4 Å². The minimum Gasteiger partial charge on any atom is -0.494 e. The maximum Gasteiger partial charge on any atom is 0.408 e. The van der Waals surface area contributed by atoms with Crippen molar-refractivity contribution in [2.45, 2.75) is 189 Å². The van der Waals surface area contributed by atoms with Gasteiger partial charge in [-0.3, -0.25) is 24.0 Å². The van der Waals surface area contributed by atoms with Gasteiger partial charge in [0.15, 0.2) is 11.6 Å². The fourth-order valence-corrected chi connectivity index (χ4v) is 12.1. The average molecular weight is 1440 g/mol. The number of likely N-dealkylation sites (tertiary alicyclic amines) is 2. The molecule has 19 nitrogen and oxygen atoms in total. The zero-order valence-corrected chi connectivity index (χ0v) is 63.7. The maximum absolute atomic E-state index is 13.8. The number of amides is 4. The molecule has 0 aliphatic carbocycles. The molecule has 8 aromatic rings. The van der Waals surface area contributed by atoms with E-state index in [1.54, 1.807) is 34.3 Å². The molecular weight excluding hydrogens is 1330 g/mol. The summed E-state index contributed by atoms with van der Waals surface area (Å²) < 4.78 is 28.3. The van der Waals surface area contributed by atoms with E-state index in [2.05, 4.69) is 65.2 Å². The van der Waals surface area contributed by atoms with Gasteiger partial charge in [0.05, 0.1) is 25.0 Å². The van der Waals surface area contributed by atoms with Crippen LogP contribution in [0.4, 0.5) is 4.79 Å². The number of carbonyl (C=O) groups excluding carboxylic acids is 6. The summed E-state index contributed by atoms with van der Waals surface area (Å²) >= 11 is 0. The summed E-state index contributed by atoms with van der Waals surface area (Å²) in [6.07, 6.45) is 19.1. The van der Waals surface area contributed by atoms with Crippen LogP contribution in [0.5, 0.6) is 11.5 Å².